The van der Waals surface area contributed by atoms with Crippen molar-refractivity contribution in [2.75, 3.05) is 13.2 Å². The molecule has 0 aliphatic heterocycles. The number of carboxylic acid groups (broad SMARTS) is 1. The highest BCUT2D eigenvalue weighted by Crippen LogP contribution is 2.45. The quantitative estimate of drug-likeness (QED) is 0.0649. The van der Waals surface area contributed by atoms with Crippen LogP contribution < -0.4 is 15.4 Å². The topological polar surface area (TPSA) is 129 Å². The number of carbonyl (C=O) groups is 3. The second kappa shape index (κ2) is 19.7. The van der Waals surface area contributed by atoms with Gasteiger partial charge in [0.05, 0.1) is 13.0 Å². The maximum atomic E-state index is 13.2. The third-order valence-electron chi connectivity index (χ3n) is 9.44. The van der Waals surface area contributed by atoms with E-state index in [1.807, 2.05) is 43.3 Å². The summed E-state index contributed by atoms with van der Waals surface area (Å²) in [4.78, 5) is 46.3. The third kappa shape index (κ3) is 12.8. The average molecular weight is 721 g/mol. The first-order chi connectivity index (χ1) is 25.4. The molecule has 0 bridgehead atoms. The number of aliphatic imine (C=N–C) groups is 2. The molecule has 1 atom stereocenters. The van der Waals surface area contributed by atoms with Crippen LogP contribution in [0.4, 0.5) is 0 Å². The van der Waals surface area contributed by atoms with Gasteiger partial charge in [0.2, 0.25) is 5.91 Å². The first-order valence-electron chi connectivity index (χ1n) is 18.9. The van der Waals surface area contributed by atoms with Crippen LogP contribution in [0.1, 0.15) is 130 Å². The molecule has 0 radical (unpaired) electrons. The molecule has 0 unspecified atom stereocenters. The van der Waals surface area contributed by atoms with E-state index >= 15 is 0 Å². The molecular weight excluding hydrogens is 665 g/mol. The highest BCUT2D eigenvalue weighted by atomic mass is 16.5. The van der Waals surface area contributed by atoms with E-state index in [9.17, 15) is 14.4 Å². The van der Waals surface area contributed by atoms with Crippen molar-refractivity contribution in [2.45, 2.75) is 110 Å². The average Bonchev–Trinajstić information content (AvgIpc) is 3.99. The molecule has 4 rings (SSSR count). The lowest BCUT2D eigenvalue weighted by atomic mass is 9.86. The Balaban J connectivity index is 1.45. The van der Waals surface area contributed by atoms with Gasteiger partial charge in [-0.2, -0.15) is 0 Å². The summed E-state index contributed by atoms with van der Waals surface area (Å²) in [6.07, 6.45) is 10.2. The molecule has 0 spiro atoms. The minimum Gasteiger partial charge on any atom is -0.493 e. The monoisotopic (exact) mass is 720 g/mol. The van der Waals surface area contributed by atoms with Crippen molar-refractivity contribution in [2.24, 2.45) is 9.98 Å². The van der Waals surface area contributed by atoms with Gasteiger partial charge in [-0.15, -0.1) is 0 Å². The maximum Gasteiger partial charge on any atom is 0.305 e. The zero-order valence-corrected chi connectivity index (χ0v) is 32.0. The number of amidine groups is 1. The van der Waals surface area contributed by atoms with Crippen molar-refractivity contribution < 1.29 is 24.2 Å². The van der Waals surface area contributed by atoms with Crippen molar-refractivity contribution >= 4 is 35.9 Å². The van der Waals surface area contributed by atoms with Crippen LogP contribution in [-0.2, 0) is 21.4 Å². The summed E-state index contributed by atoms with van der Waals surface area (Å²) in [5.41, 5.74) is 6.35. The van der Waals surface area contributed by atoms with Crippen LogP contribution in [0.2, 0.25) is 0 Å². The summed E-state index contributed by atoms with van der Waals surface area (Å²) in [5.74, 6) is 0.124. The van der Waals surface area contributed by atoms with E-state index in [0.29, 0.717) is 17.3 Å². The highest BCUT2D eigenvalue weighted by molar-refractivity contribution is 6.02. The number of hydrogen-bond donors (Lipinski definition) is 3. The van der Waals surface area contributed by atoms with Crippen molar-refractivity contribution in [1.29, 1.82) is 0 Å². The molecule has 0 aromatic heterocycles. The number of hydrogen-bond acceptors (Lipinski definition) is 5. The molecule has 9 heteroatoms. The summed E-state index contributed by atoms with van der Waals surface area (Å²) in [6.45, 7) is 15.0. The van der Waals surface area contributed by atoms with E-state index < -0.39 is 23.8 Å². The minimum atomic E-state index is -1.02. The first kappa shape index (κ1) is 40.7. The van der Waals surface area contributed by atoms with Crippen LogP contribution in [0.5, 0.6) is 5.75 Å². The Morgan fingerprint density at radius 1 is 0.943 bits per heavy atom. The van der Waals surface area contributed by atoms with Gasteiger partial charge in [-0.25, -0.2) is 9.98 Å². The second-order valence-corrected chi connectivity index (χ2v) is 14.9. The number of nitrogens with zero attached hydrogens (tertiary/aromatic N) is 2. The Labute approximate surface area is 315 Å². The summed E-state index contributed by atoms with van der Waals surface area (Å²) < 4.78 is 6.22. The molecule has 1 aliphatic carbocycles. The van der Waals surface area contributed by atoms with Gasteiger partial charge in [0.25, 0.3) is 5.91 Å². The number of nitrogens with one attached hydrogen (secondary N) is 2. The Kier molecular flexibility index (Phi) is 15.1. The van der Waals surface area contributed by atoms with Crippen molar-refractivity contribution in [1.82, 2.24) is 10.6 Å². The van der Waals surface area contributed by atoms with E-state index in [0.717, 1.165) is 46.6 Å². The van der Waals surface area contributed by atoms with Crippen molar-refractivity contribution in [3.63, 3.8) is 0 Å². The number of carbonyl (C=O) groups excluding carboxylic acids is 2. The van der Waals surface area contributed by atoms with Gasteiger partial charge in [-0.3, -0.25) is 14.4 Å². The molecule has 2 amide bonds. The molecule has 53 heavy (non-hydrogen) atoms. The zero-order valence-electron chi connectivity index (χ0n) is 32.0. The van der Waals surface area contributed by atoms with Crippen LogP contribution in [0.3, 0.4) is 0 Å². The van der Waals surface area contributed by atoms with Crippen molar-refractivity contribution in [3.8, 4) is 5.75 Å². The lowest BCUT2D eigenvalue weighted by molar-refractivity contribution is -0.137. The van der Waals surface area contributed by atoms with Crippen LogP contribution in [0, 0.1) is 0 Å². The molecule has 9 nitrogen and oxygen atoms in total. The number of amides is 2. The first-order valence-corrected chi connectivity index (χ1v) is 18.9. The fourth-order valence-corrected chi connectivity index (χ4v) is 5.98. The van der Waals surface area contributed by atoms with Crippen LogP contribution in [0.25, 0.3) is 5.57 Å². The van der Waals surface area contributed by atoms with Gasteiger partial charge in [0, 0.05) is 30.3 Å². The lowest BCUT2D eigenvalue weighted by Crippen LogP contribution is -2.48. The standard InChI is InChI=1S/C44H56N4O5/c1-7-8-9-10-11-26-53-39-23-20-35(28-37(39)32-16-17-32)30(2)29-47-41(45-6)33-14-12-31(13-15-33)27-38(43(52)46-25-24-40(49)50)48-42(51)34-18-21-36(22-19-34)44(3,4)5/h12-15,18-23,28-29,32,38H,6-11,16-17,24-27H2,1-5H3,(H,46,52)(H,48,51)(H,49,50)/b30-29+,47-41?/t38-/m0/s1. The van der Waals surface area contributed by atoms with E-state index in [2.05, 4.69) is 73.2 Å². The molecule has 3 aromatic rings. The molecule has 1 saturated carbocycles. The molecule has 0 heterocycles. The SMILES string of the molecule is C=NC(=N/C=C(\C)c1ccc(OCCCCCCC)c(C2CC2)c1)c1ccc(C[C@H](NC(=O)c2ccc(C(C)(C)C)cc2)C(=O)NCCC(=O)O)cc1. The molecule has 282 valence electrons. The van der Waals surface area contributed by atoms with E-state index in [1.54, 1.807) is 18.3 Å². The number of allylic oxidation sites excluding steroid dienone is 1. The fourth-order valence-electron chi connectivity index (χ4n) is 5.98. The Morgan fingerprint density at radius 2 is 1.60 bits per heavy atom. The lowest BCUT2D eigenvalue weighted by Gasteiger charge is -2.20. The Bertz CT molecular complexity index is 1770. The van der Waals surface area contributed by atoms with E-state index in [4.69, 9.17) is 9.84 Å². The van der Waals surface area contributed by atoms with Gasteiger partial charge in [0.1, 0.15) is 11.8 Å². The molecule has 3 N–H and O–H groups in total. The van der Waals surface area contributed by atoms with E-state index in [1.165, 1.54) is 44.1 Å². The third-order valence-corrected chi connectivity index (χ3v) is 9.44. The number of aliphatic carboxylic acids is 1. The zero-order chi connectivity index (χ0) is 38.4. The number of rotatable bonds is 19. The normalized spacial score (nSPS) is 14.0. The number of unbranched alkanes of at least 4 members (excludes halogenated alkanes) is 4. The largest absolute Gasteiger partial charge is 0.493 e. The van der Waals surface area contributed by atoms with Gasteiger partial charge < -0.3 is 20.5 Å². The summed E-state index contributed by atoms with van der Waals surface area (Å²) >= 11 is 0. The molecule has 3 aromatic carbocycles. The van der Waals surface area contributed by atoms with Crippen LogP contribution in [0.15, 0.2) is 82.9 Å². The van der Waals surface area contributed by atoms with Gasteiger partial charge in [-0.1, -0.05) is 95.8 Å². The second-order valence-electron chi connectivity index (χ2n) is 14.9. The summed E-state index contributed by atoms with van der Waals surface area (Å²) in [5, 5.41) is 14.5. The molecule has 0 saturated heterocycles. The van der Waals surface area contributed by atoms with Gasteiger partial charge in [0.15, 0.2) is 5.84 Å². The predicted octanol–water partition coefficient (Wildman–Crippen LogP) is 8.65. The van der Waals surface area contributed by atoms with Crippen molar-refractivity contribution in [3.05, 3.63) is 106 Å². The molecule has 1 fully saturated rings. The fraction of sp³-hybridized carbons (Fsp3) is 0.432. The predicted molar refractivity (Wildman–Crippen MR) is 214 cm³/mol. The molecule has 1 aliphatic rings. The molecular formula is C44H56N4O5. The summed E-state index contributed by atoms with van der Waals surface area (Å²) in [7, 11) is 0. The minimum absolute atomic E-state index is 0.0451. The number of ether oxygens (including phenoxy) is 1. The number of benzene rings is 3. The van der Waals surface area contributed by atoms with E-state index in [-0.39, 0.29) is 24.8 Å². The van der Waals surface area contributed by atoms with Crippen LogP contribution >= 0.6 is 0 Å². The smallest absolute Gasteiger partial charge is 0.305 e. The number of carboxylic acids is 1. The van der Waals surface area contributed by atoms with Gasteiger partial charge in [-0.05, 0) is 96.3 Å². The maximum absolute atomic E-state index is 13.2. The van der Waals surface area contributed by atoms with Gasteiger partial charge >= 0.3 is 5.97 Å². The Morgan fingerprint density at radius 3 is 2.23 bits per heavy atom. The van der Waals surface area contributed by atoms with Crippen LogP contribution in [-0.4, -0.2) is 54.6 Å². The highest BCUT2D eigenvalue weighted by Gasteiger charge is 2.27. The summed E-state index contributed by atoms with van der Waals surface area (Å²) in [6, 6.07) is 20.2. The Hall–Kier alpha value is -5.05.